The molecular weight excluding hydrogens is 359 g/mol. The summed E-state index contributed by atoms with van der Waals surface area (Å²) < 4.78 is 45.6. The molecule has 140 valence electrons. The highest BCUT2D eigenvalue weighted by molar-refractivity contribution is 5.81. The minimum Gasteiger partial charge on any atom is -0.460 e. The lowest BCUT2D eigenvalue weighted by atomic mass is 10.1. The maximum atomic E-state index is 12.7. The molecule has 0 radical (unpaired) electrons. The fourth-order valence-corrected chi connectivity index (χ4v) is 2.90. The number of pyridine rings is 1. The molecule has 0 bridgehead atoms. The molecule has 3 heterocycles. The van der Waals surface area contributed by atoms with Crippen LogP contribution < -0.4 is 15.8 Å². The van der Waals surface area contributed by atoms with E-state index in [-0.39, 0.29) is 11.9 Å². The highest BCUT2D eigenvalue weighted by atomic mass is 19.4. The molecule has 3 N–H and O–H groups in total. The Balaban J connectivity index is 1.65. The number of nitrogens with two attached hydrogens (primary N) is 1. The number of nitrogens with zero attached hydrogens (tertiary/aromatic N) is 3. The Morgan fingerprint density at radius 2 is 2.07 bits per heavy atom. The summed E-state index contributed by atoms with van der Waals surface area (Å²) >= 11 is 0. The first kappa shape index (κ1) is 17.2. The molecule has 0 saturated carbocycles. The minimum absolute atomic E-state index is 0.0661. The quantitative estimate of drug-likeness (QED) is 0.675. The second-order valence-corrected chi connectivity index (χ2v) is 6.35. The first-order chi connectivity index (χ1) is 12.8. The van der Waals surface area contributed by atoms with Crippen molar-refractivity contribution in [3.05, 3.63) is 48.3 Å². The number of ether oxygens (including phenoxy) is 1. The molecule has 27 heavy (non-hydrogen) atoms. The number of anilines is 3. The smallest absolute Gasteiger partial charge is 0.417 e. The topological polar surface area (TPSA) is 78.0 Å². The van der Waals surface area contributed by atoms with Crippen molar-refractivity contribution in [3.8, 4) is 17.3 Å². The minimum atomic E-state index is -4.42. The highest BCUT2D eigenvalue weighted by Gasteiger charge is 2.30. The van der Waals surface area contributed by atoms with Gasteiger partial charge in [-0.05, 0) is 37.3 Å². The van der Waals surface area contributed by atoms with Gasteiger partial charge in [-0.15, -0.1) is 0 Å². The van der Waals surface area contributed by atoms with Gasteiger partial charge in [-0.2, -0.15) is 18.2 Å². The fraction of sp³-hybridized carbons (Fsp3) is 0.222. The molecule has 9 heteroatoms. The number of halogens is 3. The van der Waals surface area contributed by atoms with Crippen LogP contribution in [-0.2, 0) is 12.7 Å². The first-order valence-corrected chi connectivity index (χ1v) is 8.23. The second-order valence-electron chi connectivity index (χ2n) is 6.35. The lowest BCUT2D eigenvalue weighted by Crippen LogP contribution is -2.08. The van der Waals surface area contributed by atoms with E-state index in [9.17, 15) is 13.2 Å². The van der Waals surface area contributed by atoms with Crippen molar-refractivity contribution < 1.29 is 17.9 Å². The van der Waals surface area contributed by atoms with E-state index in [1.165, 1.54) is 6.07 Å². The number of hydrogen-bond donors (Lipinski definition) is 2. The van der Waals surface area contributed by atoms with Crippen LogP contribution in [0.2, 0.25) is 0 Å². The molecule has 1 aromatic carbocycles. The zero-order valence-corrected chi connectivity index (χ0v) is 14.3. The highest BCUT2D eigenvalue weighted by Crippen LogP contribution is 2.35. The van der Waals surface area contributed by atoms with E-state index in [0.717, 1.165) is 12.3 Å². The van der Waals surface area contributed by atoms with Crippen LogP contribution in [0.25, 0.3) is 11.3 Å². The van der Waals surface area contributed by atoms with Crippen molar-refractivity contribution in [1.82, 2.24) is 14.5 Å². The molecule has 4 rings (SSSR count). The van der Waals surface area contributed by atoms with E-state index in [4.69, 9.17) is 10.5 Å². The number of aromatic nitrogens is 3. The predicted molar refractivity (Wildman–Crippen MR) is 94.7 cm³/mol. The number of benzene rings is 1. The summed E-state index contributed by atoms with van der Waals surface area (Å²) in [5, 5.41) is 3.03. The Kier molecular flexibility index (Phi) is 3.94. The number of nitrogens with one attached hydrogen (secondary N) is 1. The van der Waals surface area contributed by atoms with Gasteiger partial charge in [0.2, 0.25) is 0 Å². The van der Waals surface area contributed by atoms with E-state index in [2.05, 4.69) is 15.3 Å². The molecule has 0 spiro atoms. The molecule has 0 unspecified atom stereocenters. The molecule has 0 saturated heterocycles. The van der Waals surface area contributed by atoms with Crippen molar-refractivity contribution in [1.29, 1.82) is 0 Å². The molecule has 0 fully saturated rings. The molecule has 3 aromatic rings. The number of alkyl halides is 3. The first-order valence-electron chi connectivity index (χ1n) is 8.23. The van der Waals surface area contributed by atoms with Gasteiger partial charge in [-0.3, -0.25) is 4.57 Å². The second kappa shape index (κ2) is 6.19. The van der Waals surface area contributed by atoms with Crippen LogP contribution in [-0.4, -0.2) is 20.6 Å². The van der Waals surface area contributed by atoms with Crippen LogP contribution in [0.4, 0.5) is 30.4 Å². The van der Waals surface area contributed by atoms with Crippen LogP contribution in [0.3, 0.4) is 0 Å². The molecule has 1 atom stereocenters. The van der Waals surface area contributed by atoms with Gasteiger partial charge in [0.25, 0.3) is 6.01 Å². The number of hydrogen-bond acceptors (Lipinski definition) is 5. The molecule has 1 aliphatic heterocycles. The number of imidazole rings is 1. The van der Waals surface area contributed by atoms with Gasteiger partial charge in [-0.25, -0.2) is 4.98 Å². The van der Waals surface area contributed by atoms with Gasteiger partial charge < -0.3 is 15.8 Å². The number of fused-ring (bicyclic) bond motifs is 1. The molecule has 2 aromatic heterocycles. The maximum absolute atomic E-state index is 12.7. The van der Waals surface area contributed by atoms with E-state index in [0.29, 0.717) is 35.2 Å². The summed E-state index contributed by atoms with van der Waals surface area (Å²) in [7, 11) is 0. The van der Waals surface area contributed by atoms with Crippen LogP contribution >= 0.6 is 0 Å². The summed E-state index contributed by atoms with van der Waals surface area (Å²) in [4.78, 5) is 8.32. The summed E-state index contributed by atoms with van der Waals surface area (Å²) in [6.07, 6.45) is -1.71. The van der Waals surface area contributed by atoms with Gasteiger partial charge in [-0.1, -0.05) is 0 Å². The Hall–Kier alpha value is -3.23. The van der Waals surface area contributed by atoms with Gasteiger partial charge in [0, 0.05) is 29.3 Å². The SMILES string of the molecule is C[C@@H]1Cn2cc(-c3cc(N)ccc3Nc3ccc(C(F)(F)F)cn3)nc2O1. The third-order valence-electron chi connectivity index (χ3n) is 4.17. The van der Waals surface area contributed by atoms with Gasteiger partial charge >= 0.3 is 6.18 Å². The van der Waals surface area contributed by atoms with Gasteiger partial charge in [0.1, 0.15) is 11.9 Å². The van der Waals surface area contributed by atoms with Crippen LogP contribution in [0.5, 0.6) is 6.01 Å². The average Bonchev–Trinajstić information content (AvgIpc) is 3.13. The average molecular weight is 375 g/mol. The van der Waals surface area contributed by atoms with E-state index >= 15 is 0 Å². The summed E-state index contributed by atoms with van der Waals surface area (Å²) in [5.74, 6) is 0.283. The Labute approximate surface area is 152 Å². The van der Waals surface area contributed by atoms with E-state index in [1.54, 1.807) is 18.2 Å². The van der Waals surface area contributed by atoms with Crippen molar-refractivity contribution in [3.63, 3.8) is 0 Å². The van der Waals surface area contributed by atoms with Crippen LogP contribution in [0.15, 0.2) is 42.7 Å². The summed E-state index contributed by atoms with van der Waals surface area (Å²) in [6.45, 7) is 2.66. The van der Waals surface area contributed by atoms with Crippen molar-refractivity contribution in [2.75, 3.05) is 11.1 Å². The summed E-state index contributed by atoms with van der Waals surface area (Å²) in [5.41, 5.74) is 7.62. The fourth-order valence-electron chi connectivity index (χ4n) is 2.90. The van der Waals surface area contributed by atoms with Gasteiger partial charge in [0.05, 0.1) is 17.8 Å². The van der Waals surface area contributed by atoms with Crippen LogP contribution in [0.1, 0.15) is 12.5 Å². The Morgan fingerprint density at radius 1 is 1.26 bits per heavy atom. The zero-order chi connectivity index (χ0) is 19.2. The monoisotopic (exact) mass is 375 g/mol. The maximum Gasteiger partial charge on any atom is 0.417 e. The lowest BCUT2D eigenvalue weighted by molar-refractivity contribution is -0.137. The molecule has 1 aliphatic rings. The lowest BCUT2D eigenvalue weighted by Gasteiger charge is -2.12. The standard InChI is InChI=1S/C18H16F3N5O/c1-10-8-26-9-15(25-17(26)27-10)13-6-12(22)3-4-14(13)24-16-5-2-11(7-23-16)18(19,20)21/h2-7,9-10H,8,22H2,1H3,(H,23,24)/t10-/m1/s1. The zero-order valence-electron chi connectivity index (χ0n) is 14.3. The Bertz CT molecular complexity index is 958. The molecule has 6 nitrogen and oxygen atoms in total. The van der Waals surface area contributed by atoms with Crippen molar-refractivity contribution in [2.45, 2.75) is 25.7 Å². The number of nitrogen functional groups attached to an aromatic ring is 1. The molecular formula is C18H16F3N5O. The molecule has 0 aliphatic carbocycles. The predicted octanol–water partition coefficient (Wildman–Crippen LogP) is 4.07. The summed E-state index contributed by atoms with van der Waals surface area (Å²) in [6, 6.07) is 7.95. The third-order valence-corrected chi connectivity index (χ3v) is 4.17. The van der Waals surface area contributed by atoms with E-state index < -0.39 is 11.7 Å². The van der Waals surface area contributed by atoms with Crippen molar-refractivity contribution in [2.24, 2.45) is 0 Å². The largest absolute Gasteiger partial charge is 0.460 e. The van der Waals surface area contributed by atoms with Crippen molar-refractivity contribution >= 4 is 17.2 Å². The molecule has 0 amide bonds. The third kappa shape index (κ3) is 3.40. The van der Waals surface area contributed by atoms with Crippen LogP contribution in [0, 0.1) is 0 Å². The number of rotatable bonds is 3. The van der Waals surface area contributed by atoms with E-state index in [1.807, 2.05) is 17.7 Å². The van der Waals surface area contributed by atoms with Gasteiger partial charge in [0.15, 0.2) is 0 Å². The normalized spacial score (nSPS) is 16.1. The Morgan fingerprint density at radius 3 is 2.74 bits per heavy atom.